The zero-order valence-electron chi connectivity index (χ0n) is 17.1. The SMILES string of the molecule is CCc1ccc(NC2=C(c3ccc(C)cc3)C(=O)N(c3ccc(F)cc3F)C2=O)cc1. The number of halogens is 2. The van der Waals surface area contributed by atoms with Gasteiger partial charge >= 0.3 is 0 Å². The largest absolute Gasteiger partial charge is 0.350 e. The molecule has 156 valence electrons. The lowest BCUT2D eigenvalue weighted by Gasteiger charge is -2.16. The van der Waals surface area contributed by atoms with Crippen LogP contribution < -0.4 is 10.2 Å². The van der Waals surface area contributed by atoms with Gasteiger partial charge in [0.05, 0.1) is 11.3 Å². The molecule has 31 heavy (non-hydrogen) atoms. The molecule has 1 aliphatic rings. The van der Waals surface area contributed by atoms with E-state index < -0.39 is 23.4 Å². The van der Waals surface area contributed by atoms with Crippen LogP contribution >= 0.6 is 0 Å². The first kappa shape index (κ1) is 20.5. The van der Waals surface area contributed by atoms with Gasteiger partial charge < -0.3 is 5.32 Å². The van der Waals surface area contributed by atoms with Crippen LogP contribution in [0.2, 0.25) is 0 Å². The molecule has 3 aromatic carbocycles. The van der Waals surface area contributed by atoms with E-state index in [1.165, 1.54) is 0 Å². The van der Waals surface area contributed by atoms with Crippen LogP contribution in [0.1, 0.15) is 23.6 Å². The summed E-state index contributed by atoms with van der Waals surface area (Å²) >= 11 is 0. The van der Waals surface area contributed by atoms with Gasteiger partial charge in [-0.2, -0.15) is 0 Å². The molecular weight excluding hydrogens is 398 g/mol. The van der Waals surface area contributed by atoms with Gasteiger partial charge in [-0.25, -0.2) is 13.7 Å². The molecule has 0 saturated carbocycles. The van der Waals surface area contributed by atoms with E-state index in [-0.39, 0.29) is 17.0 Å². The number of carbonyl (C=O) groups is 2. The highest BCUT2D eigenvalue weighted by Crippen LogP contribution is 2.35. The van der Waals surface area contributed by atoms with Crippen LogP contribution in [-0.4, -0.2) is 11.8 Å². The Kier molecular flexibility index (Phi) is 5.38. The molecule has 1 aliphatic heterocycles. The minimum absolute atomic E-state index is 0.0434. The molecule has 0 fully saturated rings. The van der Waals surface area contributed by atoms with Crippen molar-refractivity contribution < 1.29 is 18.4 Å². The third-order valence-electron chi connectivity index (χ3n) is 5.21. The van der Waals surface area contributed by atoms with Crippen molar-refractivity contribution in [1.29, 1.82) is 0 Å². The van der Waals surface area contributed by atoms with Gasteiger partial charge in [-0.1, -0.05) is 48.9 Å². The molecule has 0 spiro atoms. The van der Waals surface area contributed by atoms with Crippen LogP contribution in [0.4, 0.5) is 20.2 Å². The average molecular weight is 418 g/mol. The second-order valence-corrected chi connectivity index (χ2v) is 7.33. The van der Waals surface area contributed by atoms with E-state index in [9.17, 15) is 18.4 Å². The van der Waals surface area contributed by atoms with E-state index in [0.717, 1.165) is 34.6 Å². The molecule has 6 heteroatoms. The lowest BCUT2D eigenvalue weighted by molar-refractivity contribution is -0.120. The maximum atomic E-state index is 14.4. The lowest BCUT2D eigenvalue weighted by Crippen LogP contribution is -2.33. The highest BCUT2D eigenvalue weighted by molar-refractivity contribution is 6.46. The number of benzene rings is 3. The number of amides is 2. The molecule has 0 aliphatic carbocycles. The molecule has 0 unspecified atom stereocenters. The maximum absolute atomic E-state index is 14.4. The summed E-state index contributed by atoms with van der Waals surface area (Å²) in [5.74, 6) is -3.15. The van der Waals surface area contributed by atoms with Gasteiger partial charge in [-0.05, 0) is 48.7 Å². The lowest BCUT2D eigenvalue weighted by atomic mass is 10.0. The summed E-state index contributed by atoms with van der Waals surface area (Å²) in [7, 11) is 0. The number of hydrogen-bond acceptors (Lipinski definition) is 3. The summed E-state index contributed by atoms with van der Waals surface area (Å²) < 4.78 is 27.8. The number of nitrogens with zero attached hydrogens (tertiary/aromatic N) is 1. The molecule has 0 radical (unpaired) electrons. The minimum Gasteiger partial charge on any atom is -0.350 e. The van der Waals surface area contributed by atoms with E-state index in [2.05, 4.69) is 5.32 Å². The van der Waals surface area contributed by atoms with Crippen LogP contribution in [0.3, 0.4) is 0 Å². The van der Waals surface area contributed by atoms with Crippen LogP contribution in [-0.2, 0) is 16.0 Å². The first-order valence-corrected chi connectivity index (χ1v) is 9.90. The second-order valence-electron chi connectivity index (χ2n) is 7.33. The Morgan fingerprint density at radius 1 is 0.871 bits per heavy atom. The van der Waals surface area contributed by atoms with Crippen molar-refractivity contribution in [3.05, 3.63) is 101 Å². The predicted octanol–water partition coefficient (Wildman–Crippen LogP) is 5.23. The fourth-order valence-electron chi connectivity index (χ4n) is 3.48. The number of carbonyl (C=O) groups excluding carboxylic acids is 2. The molecule has 0 saturated heterocycles. The van der Waals surface area contributed by atoms with E-state index in [1.807, 2.05) is 50.2 Å². The topological polar surface area (TPSA) is 49.4 Å². The van der Waals surface area contributed by atoms with Gasteiger partial charge in [0.25, 0.3) is 11.8 Å². The Labute approximate surface area is 178 Å². The zero-order chi connectivity index (χ0) is 22.1. The van der Waals surface area contributed by atoms with Crippen molar-refractivity contribution >= 4 is 28.8 Å². The Bertz CT molecular complexity index is 1200. The van der Waals surface area contributed by atoms with Crippen molar-refractivity contribution in [2.75, 3.05) is 10.2 Å². The van der Waals surface area contributed by atoms with Crippen LogP contribution in [0.5, 0.6) is 0 Å². The number of imide groups is 1. The minimum atomic E-state index is -0.987. The molecule has 0 bridgehead atoms. The Balaban J connectivity index is 1.81. The fraction of sp³-hybridized carbons (Fsp3) is 0.120. The third kappa shape index (κ3) is 3.84. The molecule has 0 aromatic heterocycles. The van der Waals surface area contributed by atoms with Gasteiger partial charge in [-0.15, -0.1) is 0 Å². The number of nitrogens with one attached hydrogen (secondary N) is 1. The van der Waals surface area contributed by atoms with E-state index in [0.29, 0.717) is 17.3 Å². The molecule has 0 atom stereocenters. The number of anilines is 2. The first-order chi connectivity index (χ1) is 14.9. The summed E-state index contributed by atoms with van der Waals surface area (Å²) in [6.45, 7) is 3.95. The zero-order valence-corrected chi connectivity index (χ0v) is 17.1. The van der Waals surface area contributed by atoms with Gasteiger partial charge in [0, 0.05) is 11.8 Å². The summed E-state index contributed by atoms with van der Waals surface area (Å²) in [5, 5.41) is 3.04. The van der Waals surface area contributed by atoms with E-state index in [1.54, 1.807) is 12.1 Å². The molecule has 1 N–H and O–H groups in total. The normalized spacial score (nSPS) is 13.9. The highest BCUT2D eigenvalue weighted by Gasteiger charge is 2.41. The summed E-state index contributed by atoms with van der Waals surface area (Å²) in [5.41, 5.74) is 3.16. The van der Waals surface area contributed by atoms with Crippen molar-refractivity contribution in [2.45, 2.75) is 20.3 Å². The third-order valence-corrected chi connectivity index (χ3v) is 5.21. The molecule has 1 heterocycles. The van der Waals surface area contributed by atoms with Gasteiger partial charge in [0.2, 0.25) is 0 Å². The molecule has 3 aromatic rings. The number of hydrogen-bond donors (Lipinski definition) is 1. The smallest absolute Gasteiger partial charge is 0.282 e. The molecule has 4 nitrogen and oxygen atoms in total. The van der Waals surface area contributed by atoms with Crippen molar-refractivity contribution in [3.63, 3.8) is 0 Å². The van der Waals surface area contributed by atoms with Gasteiger partial charge in [0.15, 0.2) is 0 Å². The van der Waals surface area contributed by atoms with Crippen molar-refractivity contribution in [3.8, 4) is 0 Å². The van der Waals surface area contributed by atoms with E-state index in [4.69, 9.17) is 0 Å². The Morgan fingerprint density at radius 3 is 2.16 bits per heavy atom. The van der Waals surface area contributed by atoms with Crippen LogP contribution in [0, 0.1) is 18.6 Å². The van der Waals surface area contributed by atoms with Crippen molar-refractivity contribution in [1.82, 2.24) is 0 Å². The van der Waals surface area contributed by atoms with Crippen LogP contribution in [0.15, 0.2) is 72.4 Å². The maximum Gasteiger partial charge on any atom is 0.282 e. The predicted molar refractivity (Wildman–Crippen MR) is 116 cm³/mol. The fourth-order valence-corrected chi connectivity index (χ4v) is 3.48. The van der Waals surface area contributed by atoms with Gasteiger partial charge in [0.1, 0.15) is 17.3 Å². The molecule has 4 rings (SSSR count). The van der Waals surface area contributed by atoms with Crippen LogP contribution in [0.25, 0.3) is 5.57 Å². The molecular formula is C25H20F2N2O2. The summed E-state index contributed by atoms with van der Waals surface area (Å²) in [6.07, 6.45) is 0.868. The summed E-state index contributed by atoms with van der Waals surface area (Å²) in [4.78, 5) is 27.3. The average Bonchev–Trinajstić information content (AvgIpc) is 2.99. The van der Waals surface area contributed by atoms with Gasteiger partial charge in [-0.3, -0.25) is 9.59 Å². The number of aryl methyl sites for hydroxylation is 2. The second kappa shape index (κ2) is 8.14. The Hall–Kier alpha value is -3.80. The highest BCUT2D eigenvalue weighted by atomic mass is 19.1. The van der Waals surface area contributed by atoms with Crippen molar-refractivity contribution in [2.24, 2.45) is 0 Å². The first-order valence-electron chi connectivity index (χ1n) is 9.90. The molecule has 2 amide bonds. The quantitative estimate of drug-likeness (QED) is 0.577. The van der Waals surface area contributed by atoms with E-state index >= 15 is 0 Å². The Morgan fingerprint density at radius 2 is 1.55 bits per heavy atom. The monoisotopic (exact) mass is 418 g/mol. The summed E-state index contributed by atoms with van der Waals surface area (Å²) in [6, 6.07) is 17.4. The standard InChI is InChI=1S/C25H20F2N2O2/c1-3-16-6-11-19(12-7-16)28-23-22(17-8-4-15(2)5-9-17)24(30)29(25(23)31)21-13-10-18(26)14-20(21)27/h4-14,28H,3H2,1-2H3. The number of rotatable bonds is 5.